The number of aryl methyl sites for hydroxylation is 1. The summed E-state index contributed by atoms with van der Waals surface area (Å²) in [5, 5.41) is 9.34. The molecule has 17 heavy (non-hydrogen) atoms. The van der Waals surface area contributed by atoms with Crippen LogP contribution >= 0.6 is 0 Å². The van der Waals surface area contributed by atoms with Gasteiger partial charge in [0.25, 0.3) is 0 Å². The number of nitrogens with zero attached hydrogens (tertiary/aromatic N) is 1. The fraction of sp³-hybridized carbons (Fsp3) is 0.500. The molecule has 2 rings (SSSR count). The third kappa shape index (κ3) is 3.28. The molecule has 0 saturated carbocycles. The largest absolute Gasteiger partial charge is 0.392 e. The highest BCUT2D eigenvalue weighted by atomic mass is 32.2. The van der Waals surface area contributed by atoms with E-state index in [0.29, 0.717) is 19.4 Å². The lowest BCUT2D eigenvalue weighted by Crippen LogP contribution is -2.32. The maximum atomic E-state index is 12.0. The summed E-state index contributed by atoms with van der Waals surface area (Å²) in [6.45, 7) is 0.690. The summed E-state index contributed by atoms with van der Waals surface area (Å²) in [6, 6.07) is 9.57. The Hall–Kier alpha value is -0.910. The number of rotatable bonds is 4. The Labute approximate surface area is 102 Å². The van der Waals surface area contributed by atoms with Crippen molar-refractivity contribution in [3.05, 3.63) is 35.9 Å². The minimum atomic E-state index is -3.22. The van der Waals surface area contributed by atoms with Gasteiger partial charge in [0.1, 0.15) is 0 Å². The Kier molecular flexibility index (Phi) is 3.81. The summed E-state index contributed by atoms with van der Waals surface area (Å²) in [4.78, 5) is 0. The highest BCUT2D eigenvalue weighted by Gasteiger charge is 2.29. The molecule has 1 aliphatic rings. The van der Waals surface area contributed by atoms with Crippen molar-refractivity contribution in [2.75, 3.05) is 18.8 Å². The highest BCUT2D eigenvalue weighted by molar-refractivity contribution is 7.89. The van der Waals surface area contributed by atoms with Crippen LogP contribution in [-0.4, -0.2) is 42.8 Å². The van der Waals surface area contributed by atoms with E-state index in [2.05, 4.69) is 0 Å². The van der Waals surface area contributed by atoms with E-state index in [1.54, 1.807) is 0 Å². The Balaban J connectivity index is 1.94. The molecule has 0 amide bonds. The van der Waals surface area contributed by atoms with Gasteiger partial charge in [-0.15, -0.1) is 0 Å². The number of hydrogen-bond donors (Lipinski definition) is 1. The molecule has 1 aliphatic heterocycles. The summed E-state index contributed by atoms with van der Waals surface area (Å²) in [5.41, 5.74) is 1.02. The Morgan fingerprint density at radius 2 is 2.00 bits per heavy atom. The van der Waals surface area contributed by atoms with E-state index in [0.717, 1.165) is 5.56 Å². The normalized spacial score (nSPS) is 21.8. The molecule has 1 N–H and O–H groups in total. The highest BCUT2D eigenvalue weighted by Crippen LogP contribution is 2.15. The Morgan fingerprint density at radius 1 is 1.29 bits per heavy atom. The van der Waals surface area contributed by atoms with Crippen LogP contribution < -0.4 is 0 Å². The maximum Gasteiger partial charge on any atom is 0.214 e. The number of β-amino-alcohol motifs (C(OH)–C–C–N with tert-alkyl or cyclic N) is 1. The van der Waals surface area contributed by atoms with E-state index < -0.39 is 16.1 Å². The van der Waals surface area contributed by atoms with Gasteiger partial charge in [0.15, 0.2) is 0 Å². The first-order chi connectivity index (χ1) is 8.08. The summed E-state index contributed by atoms with van der Waals surface area (Å²) in [5.74, 6) is 0.115. The molecule has 4 nitrogen and oxygen atoms in total. The first-order valence-electron chi connectivity index (χ1n) is 5.78. The van der Waals surface area contributed by atoms with Crippen LogP contribution in [0, 0.1) is 0 Å². The van der Waals surface area contributed by atoms with Crippen molar-refractivity contribution < 1.29 is 13.5 Å². The molecular formula is C12H17NO3S. The average Bonchev–Trinajstić information content (AvgIpc) is 2.76. The van der Waals surface area contributed by atoms with Crippen molar-refractivity contribution in [2.45, 2.75) is 18.9 Å². The topological polar surface area (TPSA) is 57.6 Å². The van der Waals surface area contributed by atoms with Crippen molar-refractivity contribution in [2.24, 2.45) is 0 Å². The van der Waals surface area contributed by atoms with E-state index >= 15 is 0 Å². The van der Waals surface area contributed by atoms with E-state index in [9.17, 15) is 13.5 Å². The van der Waals surface area contributed by atoms with E-state index in [1.807, 2.05) is 30.3 Å². The third-order valence-electron chi connectivity index (χ3n) is 3.01. The average molecular weight is 255 g/mol. The smallest absolute Gasteiger partial charge is 0.214 e. The number of benzene rings is 1. The van der Waals surface area contributed by atoms with Crippen molar-refractivity contribution in [1.82, 2.24) is 4.31 Å². The second-order valence-electron chi connectivity index (χ2n) is 4.35. The first kappa shape index (κ1) is 12.5. The van der Waals surface area contributed by atoms with Gasteiger partial charge in [-0.2, -0.15) is 4.31 Å². The lowest BCUT2D eigenvalue weighted by molar-refractivity contribution is 0.189. The maximum absolute atomic E-state index is 12.0. The van der Waals surface area contributed by atoms with Crippen LogP contribution in [0.15, 0.2) is 30.3 Å². The van der Waals surface area contributed by atoms with Gasteiger partial charge in [-0.05, 0) is 18.4 Å². The molecule has 94 valence electrons. The van der Waals surface area contributed by atoms with Gasteiger partial charge in [-0.25, -0.2) is 8.42 Å². The lowest BCUT2D eigenvalue weighted by atomic mass is 10.2. The second-order valence-corrected chi connectivity index (χ2v) is 6.44. The van der Waals surface area contributed by atoms with Crippen molar-refractivity contribution in [3.8, 4) is 0 Å². The molecule has 1 heterocycles. The van der Waals surface area contributed by atoms with E-state index in [4.69, 9.17) is 0 Å². The van der Waals surface area contributed by atoms with Crippen molar-refractivity contribution in [1.29, 1.82) is 0 Å². The van der Waals surface area contributed by atoms with Gasteiger partial charge in [-0.3, -0.25) is 0 Å². The van der Waals surface area contributed by atoms with E-state index in [1.165, 1.54) is 4.31 Å². The predicted octanol–water partition coefficient (Wildman–Crippen LogP) is 0.626. The Bertz CT molecular complexity index is 458. The summed E-state index contributed by atoms with van der Waals surface area (Å²) < 4.78 is 25.3. The summed E-state index contributed by atoms with van der Waals surface area (Å²) >= 11 is 0. The van der Waals surface area contributed by atoms with Gasteiger partial charge in [0.2, 0.25) is 10.0 Å². The molecule has 1 aromatic rings. The number of aliphatic hydroxyl groups excluding tert-OH is 1. The van der Waals surface area contributed by atoms with Crippen LogP contribution in [0.3, 0.4) is 0 Å². The summed E-state index contributed by atoms with van der Waals surface area (Å²) in [6.07, 6.45) is 0.571. The zero-order chi connectivity index (χ0) is 12.3. The molecule has 1 saturated heterocycles. The van der Waals surface area contributed by atoms with Gasteiger partial charge >= 0.3 is 0 Å². The summed E-state index contributed by atoms with van der Waals surface area (Å²) in [7, 11) is -3.22. The lowest BCUT2D eigenvalue weighted by Gasteiger charge is -2.15. The zero-order valence-electron chi connectivity index (χ0n) is 9.62. The SMILES string of the molecule is O=S(=O)(CCc1ccccc1)N1CCC(O)C1. The molecule has 1 atom stereocenters. The van der Waals surface area contributed by atoms with Gasteiger partial charge in [0.05, 0.1) is 11.9 Å². The molecule has 0 radical (unpaired) electrons. The van der Waals surface area contributed by atoms with Gasteiger partial charge in [0, 0.05) is 13.1 Å². The van der Waals surface area contributed by atoms with Crippen LogP contribution in [0.25, 0.3) is 0 Å². The second kappa shape index (κ2) is 5.16. The minimum Gasteiger partial charge on any atom is -0.392 e. The quantitative estimate of drug-likeness (QED) is 0.858. The first-order valence-corrected chi connectivity index (χ1v) is 7.39. The number of hydrogen-bond acceptors (Lipinski definition) is 3. The Morgan fingerprint density at radius 3 is 2.59 bits per heavy atom. The monoisotopic (exact) mass is 255 g/mol. The van der Waals surface area contributed by atoms with Gasteiger partial charge in [-0.1, -0.05) is 30.3 Å². The molecule has 5 heteroatoms. The minimum absolute atomic E-state index is 0.115. The number of aliphatic hydroxyl groups is 1. The molecule has 1 unspecified atom stereocenters. The molecule has 0 spiro atoms. The fourth-order valence-corrected chi connectivity index (χ4v) is 3.52. The van der Waals surface area contributed by atoms with Gasteiger partial charge < -0.3 is 5.11 Å². The molecular weight excluding hydrogens is 238 g/mol. The predicted molar refractivity (Wildman–Crippen MR) is 66.1 cm³/mol. The van der Waals surface area contributed by atoms with Crippen LogP contribution in [0.5, 0.6) is 0 Å². The van der Waals surface area contributed by atoms with E-state index in [-0.39, 0.29) is 12.3 Å². The molecule has 0 aromatic heterocycles. The van der Waals surface area contributed by atoms with Crippen LogP contribution in [0.4, 0.5) is 0 Å². The zero-order valence-corrected chi connectivity index (χ0v) is 10.4. The van der Waals surface area contributed by atoms with Crippen LogP contribution in [0.1, 0.15) is 12.0 Å². The molecule has 0 aliphatic carbocycles. The fourth-order valence-electron chi connectivity index (χ4n) is 1.98. The standard InChI is InChI=1S/C12H17NO3S/c14-12-6-8-13(10-12)17(15,16)9-7-11-4-2-1-3-5-11/h1-5,12,14H,6-10H2. The van der Waals surface area contributed by atoms with Crippen molar-refractivity contribution in [3.63, 3.8) is 0 Å². The van der Waals surface area contributed by atoms with Crippen LogP contribution in [0.2, 0.25) is 0 Å². The molecule has 1 aromatic carbocycles. The third-order valence-corrected chi connectivity index (χ3v) is 4.85. The van der Waals surface area contributed by atoms with Crippen LogP contribution in [-0.2, 0) is 16.4 Å². The molecule has 0 bridgehead atoms. The molecule has 1 fully saturated rings. The number of sulfonamides is 1. The van der Waals surface area contributed by atoms with Crippen molar-refractivity contribution >= 4 is 10.0 Å².